The molecule has 0 amide bonds. The highest BCUT2D eigenvalue weighted by molar-refractivity contribution is 5.09. The van der Waals surface area contributed by atoms with Crippen molar-refractivity contribution < 1.29 is 0 Å². The summed E-state index contributed by atoms with van der Waals surface area (Å²) >= 11 is 0. The lowest BCUT2D eigenvalue weighted by molar-refractivity contribution is 0.327. The van der Waals surface area contributed by atoms with Crippen molar-refractivity contribution in [1.82, 2.24) is 0 Å². The molecule has 7 heavy (non-hydrogen) atoms. The summed E-state index contributed by atoms with van der Waals surface area (Å²) in [5.41, 5.74) is 5.01. The smallest absolute Gasteiger partial charge is 0.104 e. The number of rotatable bonds is 0. The lowest BCUT2D eigenvalue weighted by Crippen LogP contribution is -2.44. The van der Waals surface area contributed by atoms with Gasteiger partial charge in [-0.1, -0.05) is 0 Å². The van der Waals surface area contributed by atoms with Gasteiger partial charge in [0.05, 0.1) is 6.07 Å². The maximum absolute atomic E-state index is 8.27. The number of nitrogens with two attached hydrogens (primary N) is 1. The Hall–Kier alpha value is -0.550. The van der Waals surface area contributed by atoms with Crippen molar-refractivity contribution >= 4 is 0 Å². The van der Waals surface area contributed by atoms with E-state index in [4.69, 9.17) is 11.0 Å². The molecule has 1 aliphatic rings. The number of hydrogen-bond acceptors (Lipinski definition) is 2. The van der Waals surface area contributed by atoms with Gasteiger partial charge in [-0.15, -0.1) is 0 Å². The highest BCUT2D eigenvalue weighted by Gasteiger charge is 2.31. The van der Waals surface area contributed by atoms with E-state index in [0.717, 1.165) is 19.3 Å². The van der Waals surface area contributed by atoms with Crippen molar-refractivity contribution in [3.63, 3.8) is 0 Å². The van der Waals surface area contributed by atoms with E-state index in [1.54, 1.807) is 0 Å². The van der Waals surface area contributed by atoms with Crippen LogP contribution in [-0.2, 0) is 0 Å². The first-order valence-electron chi connectivity index (χ1n) is 2.47. The third-order valence-electron chi connectivity index (χ3n) is 1.47. The molecule has 0 radical (unpaired) electrons. The fourth-order valence-corrected chi connectivity index (χ4v) is 0.669. The summed E-state index contributed by atoms with van der Waals surface area (Å²) in [7, 11) is 0. The van der Waals surface area contributed by atoms with Crippen LogP contribution in [0.15, 0.2) is 0 Å². The normalized spacial score (nSPS) is 25.1. The predicted molar refractivity (Wildman–Crippen MR) is 26.4 cm³/mol. The Morgan fingerprint density at radius 2 is 2.14 bits per heavy atom. The first-order chi connectivity index (χ1) is 3.27. The molecule has 0 aromatic carbocycles. The van der Waals surface area contributed by atoms with Crippen molar-refractivity contribution in [2.75, 3.05) is 0 Å². The van der Waals surface area contributed by atoms with Crippen LogP contribution in [0.5, 0.6) is 0 Å². The molecule has 0 atom stereocenters. The van der Waals surface area contributed by atoms with Gasteiger partial charge in [-0.25, -0.2) is 0 Å². The second kappa shape index (κ2) is 1.21. The molecule has 0 aliphatic heterocycles. The Kier molecular flexibility index (Phi) is 0.795. The molecule has 38 valence electrons. The van der Waals surface area contributed by atoms with Gasteiger partial charge >= 0.3 is 0 Å². The summed E-state index contributed by atoms with van der Waals surface area (Å²) in [6.45, 7) is 0. The molecule has 1 rings (SSSR count). The van der Waals surface area contributed by atoms with Gasteiger partial charge in [0.1, 0.15) is 5.54 Å². The van der Waals surface area contributed by atoms with E-state index < -0.39 is 5.54 Å². The zero-order valence-electron chi connectivity index (χ0n) is 4.15. The third kappa shape index (κ3) is 0.594. The highest BCUT2D eigenvalue weighted by Crippen LogP contribution is 2.27. The molecular weight excluding hydrogens is 88.1 g/mol. The molecule has 1 aliphatic carbocycles. The van der Waals surface area contributed by atoms with E-state index in [2.05, 4.69) is 6.07 Å². The second-order valence-electron chi connectivity index (χ2n) is 2.12. The Bertz CT molecular complexity index is 108. The first-order valence-corrected chi connectivity index (χ1v) is 2.47. The van der Waals surface area contributed by atoms with Gasteiger partial charge in [0, 0.05) is 0 Å². The lowest BCUT2D eigenvalue weighted by Gasteiger charge is -2.29. The molecule has 0 spiro atoms. The van der Waals surface area contributed by atoms with E-state index in [0.29, 0.717) is 0 Å². The molecule has 0 unspecified atom stereocenters. The van der Waals surface area contributed by atoms with Crippen LogP contribution in [0.1, 0.15) is 19.3 Å². The van der Waals surface area contributed by atoms with Crippen LogP contribution in [0.2, 0.25) is 0 Å². The van der Waals surface area contributed by atoms with E-state index >= 15 is 0 Å². The van der Waals surface area contributed by atoms with Gasteiger partial charge < -0.3 is 5.73 Å². The van der Waals surface area contributed by atoms with Crippen LogP contribution in [0.3, 0.4) is 0 Å². The minimum Gasteiger partial charge on any atom is -0.313 e. The Morgan fingerprint density at radius 3 is 2.14 bits per heavy atom. The molecule has 0 heterocycles. The molecule has 0 aromatic heterocycles. The van der Waals surface area contributed by atoms with Gasteiger partial charge in [-0.05, 0) is 19.3 Å². The highest BCUT2D eigenvalue weighted by atomic mass is 14.8. The molecule has 2 nitrogen and oxygen atoms in total. The summed E-state index contributed by atoms with van der Waals surface area (Å²) in [6.07, 6.45) is 2.91. The number of nitrogens with zero attached hydrogens (tertiary/aromatic N) is 1. The number of hydrogen-bond donors (Lipinski definition) is 1. The van der Waals surface area contributed by atoms with E-state index in [1.807, 2.05) is 0 Å². The summed E-state index contributed by atoms with van der Waals surface area (Å²) < 4.78 is 0. The van der Waals surface area contributed by atoms with Gasteiger partial charge in [0.25, 0.3) is 0 Å². The molecule has 1 fully saturated rings. The largest absolute Gasteiger partial charge is 0.313 e. The fraction of sp³-hybridized carbons (Fsp3) is 0.800. The quantitative estimate of drug-likeness (QED) is 0.474. The zero-order valence-corrected chi connectivity index (χ0v) is 4.15. The number of nitriles is 1. The monoisotopic (exact) mass is 96.1 g/mol. The van der Waals surface area contributed by atoms with E-state index in [-0.39, 0.29) is 0 Å². The topological polar surface area (TPSA) is 49.8 Å². The summed E-state index contributed by atoms with van der Waals surface area (Å²) in [6, 6.07) is 2.06. The van der Waals surface area contributed by atoms with E-state index in [9.17, 15) is 0 Å². The van der Waals surface area contributed by atoms with Crippen LogP contribution in [0.25, 0.3) is 0 Å². The minimum atomic E-state index is -0.431. The van der Waals surface area contributed by atoms with Crippen molar-refractivity contribution in [2.45, 2.75) is 24.8 Å². The molecule has 0 saturated heterocycles. The molecule has 0 bridgehead atoms. The minimum absolute atomic E-state index is 0.431. The molecule has 2 heteroatoms. The Balaban J connectivity index is 2.48. The van der Waals surface area contributed by atoms with Crippen LogP contribution < -0.4 is 5.73 Å². The van der Waals surface area contributed by atoms with Gasteiger partial charge in [-0.2, -0.15) is 5.26 Å². The Labute approximate surface area is 42.9 Å². The van der Waals surface area contributed by atoms with Crippen molar-refractivity contribution in [3.8, 4) is 6.07 Å². The molecule has 0 aromatic rings. The van der Waals surface area contributed by atoms with Crippen LogP contribution >= 0.6 is 0 Å². The third-order valence-corrected chi connectivity index (χ3v) is 1.47. The summed E-state index contributed by atoms with van der Waals surface area (Å²) in [5, 5.41) is 8.27. The van der Waals surface area contributed by atoms with Crippen molar-refractivity contribution in [2.24, 2.45) is 5.73 Å². The van der Waals surface area contributed by atoms with Crippen molar-refractivity contribution in [1.29, 1.82) is 5.26 Å². The van der Waals surface area contributed by atoms with Gasteiger partial charge in [0.2, 0.25) is 0 Å². The van der Waals surface area contributed by atoms with Crippen LogP contribution in [-0.4, -0.2) is 5.54 Å². The summed E-state index contributed by atoms with van der Waals surface area (Å²) in [5.74, 6) is 0. The lowest BCUT2D eigenvalue weighted by atomic mass is 9.79. The van der Waals surface area contributed by atoms with Crippen LogP contribution in [0, 0.1) is 11.3 Å². The standard InChI is InChI=1S/C5H8N2/c6-4-5(7)2-1-3-5/h1-3,7H2. The van der Waals surface area contributed by atoms with Gasteiger partial charge in [0.15, 0.2) is 0 Å². The average molecular weight is 96.1 g/mol. The maximum atomic E-state index is 8.27. The predicted octanol–water partition coefficient (Wildman–Crippen LogP) is 0.391. The summed E-state index contributed by atoms with van der Waals surface area (Å²) in [4.78, 5) is 0. The SMILES string of the molecule is N#CC1(N)CCC1. The maximum Gasteiger partial charge on any atom is 0.104 e. The molecule has 1 saturated carbocycles. The van der Waals surface area contributed by atoms with Crippen molar-refractivity contribution in [3.05, 3.63) is 0 Å². The van der Waals surface area contributed by atoms with E-state index in [1.165, 1.54) is 0 Å². The van der Waals surface area contributed by atoms with Crippen LogP contribution in [0.4, 0.5) is 0 Å². The second-order valence-corrected chi connectivity index (χ2v) is 2.12. The molecule has 2 N–H and O–H groups in total. The molecular formula is C5H8N2. The van der Waals surface area contributed by atoms with Gasteiger partial charge in [-0.3, -0.25) is 0 Å². The Morgan fingerprint density at radius 1 is 1.57 bits per heavy atom. The average Bonchev–Trinajstić information content (AvgIpc) is 1.61. The first kappa shape index (κ1) is 4.61. The fourth-order valence-electron chi connectivity index (χ4n) is 0.669. The zero-order chi connectivity index (χ0) is 5.33.